The minimum Gasteiger partial charge on any atom is -0.550 e. The molecule has 1 atom stereocenters. The average molecular weight is 222 g/mol. The minimum absolute atomic E-state index is 0. The van der Waals surface area contributed by atoms with Crippen LogP contribution < -0.4 is 34.7 Å². The topological polar surface area (TPSA) is 40.1 Å². The smallest absolute Gasteiger partial charge is 0.550 e. The van der Waals surface area contributed by atoms with E-state index in [1.165, 1.54) is 0 Å². The van der Waals surface area contributed by atoms with E-state index in [2.05, 4.69) is 13.8 Å². The van der Waals surface area contributed by atoms with Gasteiger partial charge in [-0.15, -0.1) is 0 Å². The molecule has 0 saturated carbocycles. The fraction of sp³-hybridized carbons (Fsp3) is 0.917. The first-order valence-corrected chi connectivity index (χ1v) is 5.86. The minimum atomic E-state index is -0.863. The number of hydrogen-bond acceptors (Lipinski definition) is 2. The summed E-state index contributed by atoms with van der Waals surface area (Å²) in [6.45, 7) is 6.36. The summed E-state index contributed by atoms with van der Waals surface area (Å²) in [7, 11) is 0. The van der Waals surface area contributed by atoms with Gasteiger partial charge < -0.3 is 9.90 Å². The van der Waals surface area contributed by atoms with E-state index in [-0.39, 0.29) is 35.5 Å². The van der Waals surface area contributed by atoms with Gasteiger partial charge in [0.1, 0.15) is 0 Å². The Morgan fingerprint density at radius 2 is 1.60 bits per heavy atom. The number of carbonyl (C=O) groups is 1. The second-order valence-corrected chi connectivity index (χ2v) is 4.06. The van der Waals surface area contributed by atoms with Crippen LogP contribution in [0, 0.1) is 11.8 Å². The van der Waals surface area contributed by atoms with E-state index in [1.54, 1.807) is 0 Å². The van der Waals surface area contributed by atoms with E-state index in [4.69, 9.17) is 0 Å². The predicted octanol–water partition coefficient (Wildman–Crippen LogP) is -0.627. The summed E-state index contributed by atoms with van der Waals surface area (Å²) < 4.78 is 0. The molecule has 0 saturated heterocycles. The van der Waals surface area contributed by atoms with Gasteiger partial charge in [-0.3, -0.25) is 0 Å². The Labute approximate surface area is 116 Å². The van der Waals surface area contributed by atoms with E-state index in [0.717, 1.165) is 38.5 Å². The molecule has 0 aliphatic carbocycles. The quantitative estimate of drug-likeness (QED) is 0.513. The van der Waals surface area contributed by atoms with Gasteiger partial charge in [0, 0.05) is 5.97 Å². The Kier molecular flexibility index (Phi) is 13.1. The maximum atomic E-state index is 10.8. The molecule has 2 nitrogen and oxygen atoms in total. The van der Waals surface area contributed by atoms with E-state index in [1.807, 2.05) is 6.92 Å². The predicted molar refractivity (Wildman–Crippen MR) is 56.7 cm³/mol. The average Bonchev–Trinajstić information content (AvgIpc) is 2.17. The molecule has 3 heteroatoms. The van der Waals surface area contributed by atoms with Gasteiger partial charge in [-0.05, 0) is 31.1 Å². The van der Waals surface area contributed by atoms with Crippen LogP contribution in [0.4, 0.5) is 0 Å². The Hall–Kier alpha value is 0.470. The van der Waals surface area contributed by atoms with Crippen LogP contribution in [0.2, 0.25) is 0 Å². The molecule has 0 aliphatic rings. The number of aliphatic carboxylic acids is 1. The molecule has 0 aromatic heterocycles. The maximum Gasteiger partial charge on any atom is 1.00 e. The summed E-state index contributed by atoms with van der Waals surface area (Å²) in [5, 5.41) is 10.8. The van der Waals surface area contributed by atoms with Crippen molar-refractivity contribution >= 4 is 5.97 Å². The van der Waals surface area contributed by atoms with E-state index >= 15 is 0 Å². The molecule has 1 unspecified atom stereocenters. The van der Waals surface area contributed by atoms with Gasteiger partial charge in [0.15, 0.2) is 0 Å². The zero-order valence-electron chi connectivity index (χ0n) is 10.7. The van der Waals surface area contributed by atoms with Gasteiger partial charge >= 0.3 is 29.6 Å². The molecule has 0 aliphatic heterocycles. The Balaban J connectivity index is 0. The molecule has 0 bridgehead atoms. The van der Waals surface area contributed by atoms with Crippen LogP contribution in [0.15, 0.2) is 0 Å². The third-order valence-electron chi connectivity index (χ3n) is 3.05. The Bertz CT molecular complexity index is 156. The third kappa shape index (κ3) is 8.29. The summed E-state index contributed by atoms with van der Waals surface area (Å²) in [4.78, 5) is 10.8. The van der Waals surface area contributed by atoms with Crippen LogP contribution in [-0.4, -0.2) is 5.97 Å². The number of rotatable bonds is 8. The van der Waals surface area contributed by atoms with E-state index < -0.39 is 5.97 Å². The van der Waals surface area contributed by atoms with Crippen LogP contribution in [0.3, 0.4) is 0 Å². The van der Waals surface area contributed by atoms with E-state index in [9.17, 15) is 9.90 Å². The molecule has 0 radical (unpaired) electrons. The van der Waals surface area contributed by atoms with Crippen molar-refractivity contribution in [3.05, 3.63) is 0 Å². The Morgan fingerprint density at radius 1 is 1.07 bits per heavy atom. The van der Waals surface area contributed by atoms with Crippen molar-refractivity contribution in [3.8, 4) is 0 Å². The van der Waals surface area contributed by atoms with Crippen LogP contribution in [0.1, 0.15) is 59.3 Å². The number of carboxylic acid groups (broad SMARTS) is 1. The number of hydrogen-bond donors (Lipinski definition) is 0. The molecule has 0 spiro atoms. The second kappa shape index (κ2) is 11.0. The molecule has 15 heavy (non-hydrogen) atoms. The molecule has 0 aromatic carbocycles. The summed E-state index contributed by atoms with van der Waals surface area (Å²) in [6, 6.07) is 0. The number of carboxylic acids is 1. The third-order valence-corrected chi connectivity index (χ3v) is 3.05. The second-order valence-electron chi connectivity index (χ2n) is 4.06. The van der Waals surface area contributed by atoms with Crippen LogP contribution in [0.25, 0.3) is 0 Å². The van der Waals surface area contributed by atoms with Gasteiger partial charge in [0.25, 0.3) is 0 Å². The van der Waals surface area contributed by atoms with Crippen LogP contribution in [-0.2, 0) is 4.79 Å². The van der Waals surface area contributed by atoms with Gasteiger partial charge in [-0.25, -0.2) is 0 Å². The van der Waals surface area contributed by atoms with Crippen molar-refractivity contribution < 1.29 is 39.5 Å². The van der Waals surface area contributed by atoms with Gasteiger partial charge in [-0.2, -0.15) is 0 Å². The van der Waals surface area contributed by atoms with Crippen molar-refractivity contribution in [2.45, 2.75) is 59.3 Å². The summed E-state index contributed by atoms with van der Waals surface area (Å²) in [5.74, 6) is -0.396. The number of carbonyl (C=O) groups excluding carboxylic acids is 1. The molecule has 84 valence electrons. The van der Waals surface area contributed by atoms with Gasteiger partial charge in [0.2, 0.25) is 0 Å². The zero-order chi connectivity index (χ0) is 11.0. The standard InChI is InChI=1S/C12H24O2.Na/c1-4-7-11(12(13)14)9-8-10(5-2)6-3;/h10-11H,4-9H2,1-3H3,(H,13,14);/q;+1/p-1. The van der Waals surface area contributed by atoms with E-state index in [0.29, 0.717) is 5.92 Å². The summed E-state index contributed by atoms with van der Waals surface area (Å²) >= 11 is 0. The van der Waals surface area contributed by atoms with Crippen molar-refractivity contribution in [1.29, 1.82) is 0 Å². The molecule has 0 fully saturated rings. The molecule has 0 amide bonds. The normalized spacial score (nSPS) is 12.3. The summed E-state index contributed by atoms with van der Waals surface area (Å²) in [5.41, 5.74) is 0. The fourth-order valence-electron chi connectivity index (χ4n) is 1.86. The van der Waals surface area contributed by atoms with Crippen molar-refractivity contribution in [2.75, 3.05) is 0 Å². The Morgan fingerprint density at radius 3 is 1.93 bits per heavy atom. The van der Waals surface area contributed by atoms with Gasteiger partial charge in [0.05, 0.1) is 0 Å². The summed E-state index contributed by atoms with van der Waals surface area (Å²) in [6.07, 6.45) is 5.84. The monoisotopic (exact) mass is 222 g/mol. The first kappa shape index (κ1) is 17.9. The first-order chi connectivity index (χ1) is 6.65. The molecule has 0 rings (SSSR count). The van der Waals surface area contributed by atoms with Gasteiger partial charge in [-0.1, -0.05) is 40.0 Å². The zero-order valence-corrected chi connectivity index (χ0v) is 12.7. The largest absolute Gasteiger partial charge is 1.00 e. The van der Waals surface area contributed by atoms with Crippen molar-refractivity contribution in [1.82, 2.24) is 0 Å². The van der Waals surface area contributed by atoms with Crippen LogP contribution >= 0.6 is 0 Å². The first-order valence-electron chi connectivity index (χ1n) is 5.86. The maximum absolute atomic E-state index is 10.8. The SMILES string of the molecule is CCCC(CCC(CC)CC)C(=O)[O-].[Na+]. The molecule has 0 aromatic rings. The molecule has 0 N–H and O–H groups in total. The fourth-order valence-corrected chi connectivity index (χ4v) is 1.86. The van der Waals surface area contributed by atoms with Crippen molar-refractivity contribution in [3.63, 3.8) is 0 Å². The molecule has 0 heterocycles. The van der Waals surface area contributed by atoms with Crippen molar-refractivity contribution in [2.24, 2.45) is 11.8 Å². The molecular weight excluding hydrogens is 199 g/mol. The molecular formula is C12H23NaO2. The van der Waals surface area contributed by atoms with Crippen LogP contribution in [0.5, 0.6) is 0 Å².